The number of aromatic amines is 1. The number of benzene rings is 1. The zero-order chi connectivity index (χ0) is 113. The van der Waals surface area contributed by atoms with Crippen molar-refractivity contribution in [2.45, 2.75) is 334 Å². The molecule has 0 spiro atoms. The Hall–Kier alpha value is -12.6. The molecule has 1 aliphatic heterocycles. The molecule has 22 atom stereocenters. The Morgan fingerprint density at radius 1 is 0.480 bits per heavy atom. The lowest BCUT2D eigenvalue weighted by molar-refractivity contribution is -0.144. The van der Waals surface area contributed by atoms with E-state index in [4.69, 9.17) is 28.3 Å². The van der Waals surface area contributed by atoms with Gasteiger partial charge in [0.2, 0.25) is 112 Å². The maximum atomic E-state index is 15.0. The summed E-state index contributed by atoms with van der Waals surface area (Å²) in [6, 6.07) is -22.7. The fourth-order valence-electron chi connectivity index (χ4n) is 15.8. The summed E-state index contributed by atoms with van der Waals surface area (Å²) in [5.74, 6) is -23.8. The number of carboxylic acid groups (broad SMARTS) is 1. The number of primary amides is 1. The van der Waals surface area contributed by atoms with Crippen molar-refractivity contribution >= 4 is 149 Å². The smallest absolute Gasteiger partial charge is 0.322 e. The van der Waals surface area contributed by atoms with Gasteiger partial charge in [-0.25, -0.2) is 4.98 Å². The van der Waals surface area contributed by atoms with Crippen LogP contribution in [-0.2, 0) is 109 Å². The van der Waals surface area contributed by atoms with Crippen LogP contribution in [0.15, 0.2) is 36.8 Å². The molecule has 0 radical (unpaired) electrons. The van der Waals surface area contributed by atoms with Crippen molar-refractivity contribution < 1.29 is 127 Å². The number of carboxylic acids is 1. The number of nitrogens with zero attached hydrogens (tertiary/aromatic N) is 2. The highest BCUT2D eigenvalue weighted by atomic mass is 32.2. The second kappa shape index (κ2) is 66.8. The molecule has 0 aliphatic carbocycles. The second-order valence-corrected chi connectivity index (χ2v) is 41.0. The lowest BCUT2D eigenvalue weighted by Crippen LogP contribution is -2.63. The number of aromatic hydroxyl groups is 1. The monoisotopic (exact) mass is 2160 g/mol. The SMILES string of the molecule is CC[C@H](C)[C@H](NC(=O)[C@H](CCSC)NC(=O)[C@H](Cc1ccc(O)cc1)NC(=O)[C@@H]1CCCN1C(=O)[C@@H](NC(=O)[C@H](CS)NC(=O)[C@@H](NC(=O)[C@H](CC(C)C)NC(=O)[C@H](CC(C)C)NC(=O)[C@@H](N)[C@@H](C)O)[C@@H](C)O)[C@@H](C)O)C(=O)N[C@@H](CC(N)=O)C(=O)N[C@@H](CO)C(=O)N[C@@H](Cc1cnc[nH]1)C(=O)N[C@@H](CCCNC(=N)N)C(=O)N[C@@H](CC(C)C)C(=O)N[C@@H](CC(C)C)C(=O)N[C@H](C(=O)N[C@@H](CCCCN)C(=O)NCC(=O)O)C(C)C. The number of thioether (sulfide) groups is 1. The van der Waals surface area contributed by atoms with Crippen molar-refractivity contribution in [3.63, 3.8) is 0 Å². The van der Waals surface area contributed by atoms with E-state index in [1.54, 1.807) is 82.4 Å². The zero-order valence-corrected chi connectivity index (χ0v) is 89.9. The first-order chi connectivity index (χ1) is 70.4. The number of unbranched alkanes of at least 4 members (excludes halogenated alkanes) is 1. The van der Waals surface area contributed by atoms with Crippen LogP contribution in [0.5, 0.6) is 5.75 Å². The van der Waals surface area contributed by atoms with Gasteiger partial charge >= 0.3 is 5.97 Å². The van der Waals surface area contributed by atoms with Crippen LogP contribution in [0.3, 0.4) is 0 Å². The molecule has 1 aromatic heterocycles. The Kier molecular flexibility index (Phi) is 58.6. The van der Waals surface area contributed by atoms with E-state index in [0.717, 1.165) is 18.7 Å². The van der Waals surface area contributed by atoms with E-state index in [0.29, 0.717) is 18.4 Å². The van der Waals surface area contributed by atoms with Crippen molar-refractivity contribution in [3.8, 4) is 5.75 Å². The van der Waals surface area contributed by atoms with Crippen LogP contribution in [0.4, 0.5) is 0 Å². The Labute approximate surface area is 883 Å². The van der Waals surface area contributed by atoms with E-state index < -0.39 is 295 Å². The van der Waals surface area contributed by atoms with Gasteiger partial charge in [0.15, 0.2) is 5.96 Å². The number of likely N-dealkylation sites (tertiary alicyclic amines) is 1. The maximum Gasteiger partial charge on any atom is 0.322 e. The Morgan fingerprint density at radius 3 is 1.35 bits per heavy atom. The average molecular weight is 2160 g/mol. The molecule has 54 heteroatoms. The molecule has 0 saturated carbocycles. The molecule has 3 rings (SSSR count). The lowest BCUT2D eigenvalue weighted by Gasteiger charge is -2.32. The molecule has 150 heavy (non-hydrogen) atoms. The molecule has 1 saturated heterocycles. The van der Waals surface area contributed by atoms with E-state index in [-0.39, 0.29) is 138 Å². The summed E-state index contributed by atoms with van der Waals surface area (Å²) in [7, 11) is 0. The van der Waals surface area contributed by atoms with Gasteiger partial charge in [-0.05, 0) is 170 Å². The number of hydrogen-bond donors (Lipinski definition) is 31. The molecule has 19 amide bonds. The summed E-state index contributed by atoms with van der Waals surface area (Å²) in [5.41, 5.74) is 23.3. The molecule has 1 fully saturated rings. The third-order valence-corrected chi connectivity index (χ3v) is 25.3. The van der Waals surface area contributed by atoms with E-state index in [2.05, 4.69) is 118 Å². The average Bonchev–Trinajstić information content (AvgIpc) is 1.72. The topological polar surface area (TPSA) is 839 Å². The quantitative estimate of drug-likeness (QED) is 0.0127. The largest absolute Gasteiger partial charge is 0.508 e. The summed E-state index contributed by atoms with van der Waals surface area (Å²) in [6.45, 7) is 22.1. The molecule has 0 unspecified atom stereocenters. The fourth-order valence-corrected chi connectivity index (χ4v) is 16.6. The number of aliphatic carboxylic acids is 1. The molecular formula is C96H162N26O26S2. The number of nitrogens with one attached hydrogen (secondary N) is 20. The van der Waals surface area contributed by atoms with Crippen molar-refractivity contribution in [3.05, 3.63) is 48.0 Å². The highest BCUT2D eigenvalue weighted by molar-refractivity contribution is 7.98. The number of carbonyl (C=O) groups is 20. The lowest BCUT2D eigenvalue weighted by atomic mass is 9.97. The van der Waals surface area contributed by atoms with Gasteiger partial charge in [0.05, 0.1) is 37.7 Å². The number of rotatable bonds is 69. The standard InChI is InChI=1S/C96H162N26O26S2/c1-17-51(12)75(119-80(133)60(29-33-150-16)107-83(136)65(38-55-25-27-57(127)28-26-55)113-90(143)70-24-21-32-122(70)95(148)77(54(15)126)121-89(142)69(44-149)117-94(147)76(53(14)125)120-87(140)64(37-49(8)9)111-82(135)62(35-47(4)5)114-91(144)73(99)52(13)124)93(146)115-67(40-71(98)128)85(138)116-68(43-123)88(141)112-66(39-56-41-102-45-105-56)84(137)106-59(23-20-31-103-96(100)101)79(132)109-61(34-46(2)3)81(134)110-63(36-48(6)7)86(139)118-74(50(10)11)92(145)108-58(22-18-19-30-97)78(131)104-42-72(129)130/h25-28,41,45-54,58-70,73-77,123-127,149H,17-24,29-40,42-44,97,99H2,1-16H3,(H2,98,128)(H,102,105)(H,104,131)(H,106,137)(H,107,136)(H,108,145)(H,109,132)(H,110,134)(H,111,135)(H,112,141)(H,113,143)(H,114,144)(H,115,146)(H,116,138)(H,117,147)(H,118,139)(H,119,133)(H,120,140)(H,121,142)(H,129,130)(H4,100,101,103)/t51-,52+,53+,54+,58-,59-,60-,61-,62-,63-,64-,65-,66-,67-,68-,69-,70-,73-,74-,75-,76-,77-/m0/s1. The summed E-state index contributed by atoms with van der Waals surface area (Å²) in [5, 5.41) is 116. The first kappa shape index (κ1) is 132. The third kappa shape index (κ3) is 46.5. The number of thiol groups is 1. The van der Waals surface area contributed by atoms with Crippen molar-refractivity contribution in [2.75, 3.05) is 50.5 Å². The summed E-state index contributed by atoms with van der Waals surface area (Å²) >= 11 is 5.50. The number of aliphatic hydroxyl groups is 4. The predicted molar refractivity (Wildman–Crippen MR) is 555 cm³/mol. The van der Waals surface area contributed by atoms with Crippen LogP contribution < -0.4 is 119 Å². The van der Waals surface area contributed by atoms with Gasteiger partial charge in [0.1, 0.15) is 121 Å². The number of imidazole rings is 1. The van der Waals surface area contributed by atoms with Gasteiger partial charge in [-0.3, -0.25) is 101 Å². The Morgan fingerprint density at radius 2 is 0.887 bits per heavy atom. The van der Waals surface area contributed by atoms with Gasteiger partial charge in [0.25, 0.3) is 0 Å². The molecule has 0 bridgehead atoms. The molecule has 34 N–H and O–H groups in total. The predicted octanol–water partition coefficient (Wildman–Crippen LogP) is -6.85. The second-order valence-electron chi connectivity index (χ2n) is 39.6. The summed E-state index contributed by atoms with van der Waals surface area (Å²) < 4.78 is 0. The van der Waals surface area contributed by atoms with Gasteiger partial charge in [0, 0.05) is 43.6 Å². The number of H-pyrrole nitrogens is 1. The molecular weight excluding hydrogens is 2000 g/mol. The van der Waals surface area contributed by atoms with Crippen LogP contribution in [-0.4, -0.2) is 347 Å². The fraction of sp³-hybridized carbons (Fsp3) is 0.688. The zero-order valence-electron chi connectivity index (χ0n) is 88.2. The molecule has 1 aromatic carbocycles. The maximum absolute atomic E-state index is 15.0. The first-order valence-corrected chi connectivity index (χ1v) is 52.4. The number of guanidine groups is 1. The van der Waals surface area contributed by atoms with Crippen molar-refractivity contribution in [1.29, 1.82) is 5.41 Å². The highest BCUT2D eigenvalue weighted by Crippen LogP contribution is 2.24. The van der Waals surface area contributed by atoms with E-state index in [9.17, 15) is 127 Å². The third-order valence-electron chi connectivity index (χ3n) is 24.3. The minimum absolute atomic E-state index is 0.00687. The van der Waals surface area contributed by atoms with Crippen LogP contribution in [0.25, 0.3) is 0 Å². The Balaban J connectivity index is 1.97. The van der Waals surface area contributed by atoms with E-state index in [1.165, 1.54) is 62.4 Å². The number of nitrogens with two attached hydrogens (primary N) is 4. The number of aromatic nitrogens is 2. The normalized spacial score (nSPS) is 16.6. The number of carbonyl (C=O) groups excluding carboxylic acids is 19. The molecule has 2 heterocycles. The summed E-state index contributed by atoms with van der Waals surface area (Å²) in [6.07, 6.45) is -1.40. The van der Waals surface area contributed by atoms with Gasteiger partial charge in [-0.15, -0.1) is 0 Å². The van der Waals surface area contributed by atoms with E-state index in [1.807, 2.05) is 0 Å². The van der Waals surface area contributed by atoms with Gasteiger partial charge in [-0.2, -0.15) is 24.4 Å². The number of aliphatic hydroxyl groups excluding tert-OH is 4. The molecule has 52 nitrogen and oxygen atoms in total. The number of phenols is 1. The van der Waals surface area contributed by atoms with E-state index >= 15 is 0 Å². The van der Waals surface area contributed by atoms with Crippen LogP contribution >= 0.6 is 24.4 Å². The van der Waals surface area contributed by atoms with Crippen LogP contribution in [0.1, 0.15) is 205 Å². The minimum atomic E-state index is -2.02. The van der Waals surface area contributed by atoms with Crippen LogP contribution in [0.2, 0.25) is 0 Å². The number of amides is 19. The number of hydrogen-bond acceptors (Lipinski definition) is 31. The first-order valence-electron chi connectivity index (χ1n) is 50.4. The van der Waals surface area contributed by atoms with Crippen LogP contribution in [0, 0.1) is 40.9 Å². The summed E-state index contributed by atoms with van der Waals surface area (Å²) in [4.78, 5) is 290. The Bertz CT molecular complexity index is 4790. The molecule has 844 valence electrons. The van der Waals surface area contributed by atoms with Gasteiger partial charge in [-0.1, -0.05) is 102 Å². The van der Waals surface area contributed by atoms with Crippen molar-refractivity contribution in [1.82, 2.24) is 111 Å². The minimum Gasteiger partial charge on any atom is -0.508 e. The molecule has 2 aromatic rings. The van der Waals surface area contributed by atoms with Crippen molar-refractivity contribution in [2.24, 2.45) is 58.4 Å². The van der Waals surface area contributed by atoms with Gasteiger partial charge < -0.3 is 159 Å². The molecule has 1 aliphatic rings. The number of phenolic OH excluding ortho intramolecular Hbond substituents is 1. The highest BCUT2D eigenvalue weighted by Gasteiger charge is 2.45.